The first-order chi connectivity index (χ1) is 13.9. The number of hydrogen-bond donors (Lipinski definition) is 3. The highest BCUT2D eigenvalue weighted by atomic mass is 32.1. The standard InChI is InChI=1S/C22H23N3O3S/c1-14-5-3-7-18(20(14)27)21(28)25-22-24-19(13-29-22)17-10-8-16(9-11-17)6-4-12-23-15(2)26/h3,5,7-11,13,27H,4,6,12H2,1-2H3,(H,23,26)(H,24,25,28). The van der Waals surface area contributed by atoms with Crippen LogP contribution in [0.25, 0.3) is 11.3 Å². The van der Waals surface area contributed by atoms with E-state index in [1.807, 2.05) is 29.6 Å². The summed E-state index contributed by atoms with van der Waals surface area (Å²) in [5.74, 6) is -0.415. The maximum atomic E-state index is 12.4. The van der Waals surface area contributed by atoms with Crippen molar-refractivity contribution < 1.29 is 14.7 Å². The van der Waals surface area contributed by atoms with Gasteiger partial charge in [0.25, 0.3) is 5.91 Å². The maximum absolute atomic E-state index is 12.4. The summed E-state index contributed by atoms with van der Waals surface area (Å²) in [7, 11) is 0. The van der Waals surface area contributed by atoms with E-state index in [9.17, 15) is 14.7 Å². The Bertz CT molecular complexity index is 1010. The Morgan fingerprint density at radius 3 is 2.62 bits per heavy atom. The van der Waals surface area contributed by atoms with Gasteiger partial charge in [0, 0.05) is 24.4 Å². The number of anilines is 1. The number of carbonyl (C=O) groups excluding carboxylic acids is 2. The number of hydrogen-bond acceptors (Lipinski definition) is 5. The van der Waals surface area contributed by atoms with E-state index < -0.39 is 0 Å². The zero-order valence-electron chi connectivity index (χ0n) is 16.4. The Kier molecular flexibility index (Phi) is 6.61. The van der Waals surface area contributed by atoms with Crippen LogP contribution in [0.3, 0.4) is 0 Å². The molecule has 0 aliphatic heterocycles. The van der Waals surface area contributed by atoms with Crippen LogP contribution in [-0.2, 0) is 11.2 Å². The smallest absolute Gasteiger partial charge is 0.261 e. The van der Waals surface area contributed by atoms with Gasteiger partial charge in [0.2, 0.25) is 5.91 Å². The third-order valence-corrected chi connectivity index (χ3v) is 5.23. The fourth-order valence-electron chi connectivity index (χ4n) is 2.87. The van der Waals surface area contributed by atoms with Gasteiger partial charge in [-0.3, -0.25) is 14.9 Å². The van der Waals surface area contributed by atoms with Gasteiger partial charge in [-0.05, 0) is 37.0 Å². The number of rotatable bonds is 7. The molecule has 3 rings (SSSR count). The van der Waals surface area contributed by atoms with Crippen LogP contribution in [-0.4, -0.2) is 28.4 Å². The number of amides is 2. The van der Waals surface area contributed by atoms with E-state index in [1.54, 1.807) is 25.1 Å². The van der Waals surface area contributed by atoms with Crippen LogP contribution < -0.4 is 10.6 Å². The van der Waals surface area contributed by atoms with Crippen LogP contribution in [0, 0.1) is 6.92 Å². The van der Waals surface area contributed by atoms with Crippen molar-refractivity contribution in [2.45, 2.75) is 26.7 Å². The van der Waals surface area contributed by atoms with Gasteiger partial charge in [-0.2, -0.15) is 0 Å². The number of phenolic OH excluding ortho intramolecular Hbond substituents is 1. The van der Waals surface area contributed by atoms with Gasteiger partial charge in [0.05, 0.1) is 11.3 Å². The summed E-state index contributed by atoms with van der Waals surface area (Å²) in [6.45, 7) is 3.93. The van der Waals surface area contributed by atoms with Gasteiger partial charge >= 0.3 is 0 Å². The van der Waals surface area contributed by atoms with Crippen molar-refractivity contribution in [2.75, 3.05) is 11.9 Å². The lowest BCUT2D eigenvalue weighted by Crippen LogP contribution is -2.21. The average Bonchev–Trinajstić information content (AvgIpc) is 3.16. The van der Waals surface area contributed by atoms with Gasteiger partial charge < -0.3 is 10.4 Å². The fourth-order valence-corrected chi connectivity index (χ4v) is 3.58. The van der Waals surface area contributed by atoms with Crippen molar-refractivity contribution in [1.29, 1.82) is 0 Å². The molecule has 0 saturated carbocycles. The number of aromatic hydroxyl groups is 1. The summed E-state index contributed by atoms with van der Waals surface area (Å²) in [5, 5.41) is 18.0. The van der Waals surface area contributed by atoms with Crippen molar-refractivity contribution in [2.24, 2.45) is 0 Å². The molecule has 0 spiro atoms. The molecule has 29 heavy (non-hydrogen) atoms. The van der Waals surface area contributed by atoms with Crippen molar-refractivity contribution in [1.82, 2.24) is 10.3 Å². The molecule has 1 aromatic heterocycles. The topological polar surface area (TPSA) is 91.3 Å². The number of nitrogens with one attached hydrogen (secondary N) is 2. The Morgan fingerprint density at radius 1 is 1.14 bits per heavy atom. The third kappa shape index (κ3) is 5.42. The molecule has 1 heterocycles. The maximum Gasteiger partial charge on any atom is 0.261 e. The molecule has 0 saturated heterocycles. The van der Waals surface area contributed by atoms with E-state index in [0.717, 1.165) is 24.1 Å². The van der Waals surface area contributed by atoms with Crippen LogP contribution >= 0.6 is 11.3 Å². The minimum Gasteiger partial charge on any atom is -0.507 e. The molecule has 0 aliphatic rings. The number of phenols is 1. The lowest BCUT2D eigenvalue weighted by molar-refractivity contribution is -0.118. The first kappa shape index (κ1) is 20.5. The number of carbonyl (C=O) groups is 2. The first-order valence-corrected chi connectivity index (χ1v) is 10.2. The van der Waals surface area contributed by atoms with Crippen molar-refractivity contribution >= 4 is 28.3 Å². The van der Waals surface area contributed by atoms with E-state index >= 15 is 0 Å². The number of benzene rings is 2. The van der Waals surface area contributed by atoms with Crippen LogP contribution in [0.5, 0.6) is 5.75 Å². The SMILES string of the molecule is CC(=O)NCCCc1ccc(-c2csc(NC(=O)c3cccc(C)c3O)n2)cc1. The quantitative estimate of drug-likeness (QED) is 0.511. The van der Waals surface area contributed by atoms with E-state index in [-0.39, 0.29) is 23.1 Å². The Morgan fingerprint density at radius 2 is 1.90 bits per heavy atom. The van der Waals surface area contributed by atoms with Gasteiger partial charge in [-0.15, -0.1) is 11.3 Å². The van der Waals surface area contributed by atoms with Gasteiger partial charge in [-0.25, -0.2) is 4.98 Å². The molecule has 0 aliphatic carbocycles. The molecule has 2 aromatic carbocycles. The molecule has 7 heteroatoms. The number of aryl methyl sites for hydroxylation is 2. The lowest BCUT2D eigenvalue weighted by atomic mass is 10.1. The van der Waals surface area contributed by atoms with Crippen LogP contribution in [0.1, 0.15) is 34.8 Å². The largest absolute Gasteiger partial charge is 0.507 e. The van der Waals surface area contributed by atoms with Gasteiger partial charge in [0.15, 0.2) is 5.13 Å². The number of aromatic nitrogens is 1. The molecule has 6 nitrogen and oxygen atoms in total. The predicted octanol–water partition coefficient (Wildman–Crippen LogP) is 4.15. The Hall–Kier alpha value is -3.19. The minimum atomic E-state index is -0.387. The number of thiazole rings is 1. The molecule has 0 atom stereocenters. The third-order valence-electron chi connectivity index (χ3n) is 4.47. The summed E-state index contributed by atoms with van der Waals surface area (Å²) in [4.78, 5) is 27.8. The van der Waals surface area contributed by atoms with Gasteiger partial charge in [-0.1, -0.05) is 36.4 Å². The fraction of sp³-hybridized carbons (Fsp3) is 0.227. The molecule has 0 unspecified atom stereocenters. The highest BCUT2D eigenvalue weighted by molar-refractivity contribution is 7.14. The van der Waals surface area contributed by atoms with Crippen molar-refractivity contribution in [3.63, 3.8) is 0 Å². The van der Waals surface area contributed by atoms with E-state index in [4.69, 9.17) is 0 Å². The van der Waals surface area contributed by atoms with E-state index in [0.29, 0.717) is 17.2 Å². The monoisotopic (exact) mass is 409 g/mol. The summed E-state index contributed by atoms with van der Waals surface area (Å²) in [5.41, 5.74) is 3.81. The Balaban J connectivity index is 1.61. The lowest BCUT2D eigenvalue weighted by Gasteiger charge is -2.06. The molecular weight excluding hydrogens is 386 g/mol. The molecule has 0 bridgehead atoms. The molecule has 0 radical (unpaired) electrons. The Labute approximate surface area is 173 Å². The van der Waals surface area contributed by atoms with Gasteiger partial charge in [0.1, 0.15) is 5.75 Å². The molecule has 3 N–H and O–H groups in total. The molecule has 0 fully saturated rings. The van der Waals surface area contributed by atoms with Crippen LogP contribution in [0.2, 0.25) is 0 Å². The van der Waals surface area contributed by atoms with Crippen molar-refractivity contribution in [3.05, 3.63) is 64.5 Å². The summed E-state index contributed by atoms with van der Waals surface area (Å²) < 4.78 is 0. The second-order valence-corrected chi connectivity index (χ2v) is 7.60. The molecular formula is C22H23N3O3S. The zero-order valence-corrected chi connectivity index (χ0v) is 17.2. The number of nitrogens with zero attached hydrogens (tertiary/aromatic N) is 1. The molecule has 3 aromatic rings. The minimum absolute atomic E-state index is 0.00983. The van der Waals surface area contributed by atoms with Crippen molar-refractivity contribution in [3.8, 4) is 17.0 Å². The second-order valence-electron chi connectivity index (χ2n) is 6.75. The molecule has 2 amide bonds. The van der Waals surface area contributed by atoms with Crippen LogP contribution in [0.15, 0.2) is 47.8 Å². The zero-order chi connectivity index (χ0) is 20.8. The highest BCUT2D eigenvalue weighted by Crippen LogP contribution is 2.27. The normalized spacial score (nSPS) is 10.6. The first-order valence-electron chi connectivity index (χ1n) is 9.33. The number of para-hydroxylation sites is 1. The predicted molar refractivity (Wildman–Crippen MR) is 115 cm³/mol. The summed E-state index contributed by atoms with van der Waals surface area (Å²) in [6, 6.07) is 13.2. The highest BCUT2D eigenvalue weighted by Gasteiger charge is 2.14. The van der Waals surface area contributed by atoms with Crippen LogP contribution in [0.4, 0.5) is 5.13 Å². The second kappa shape index (κ2) is 9.34. The summed E-state index contributed by atoms with van der Waals surface area (Å²) in [6.07, 6.45) is 1.77. The van der Waals surface area contributed by atoms with E-state index in [2.05, 4.69) is 15.6 Å². The summed E-state index contributed by atoms with van der Waals surface area (Å²) >= 11 is 1.34. The van der Waals surface area contributed by atoms with E-state index in [1.165, 1.54) is 23.8 Å². The molecule has 150 valence electrons. The average molecular weight is 410 g/mol.